The molecule has 0 unspecified atom stereocenters. The number of aromatic nitrogens is 4. The summed E-state index contributed by atoms with van der Waals surface area (Å²) in [4.78, 5) is 4.70. The third-order valence-corrected chi connectivity index (χ3v) is 6.28. The summed E-state index contributed by atoms with van der Waals surface area (Å²) in [7, 11) is -3.26. The molecule has 5 rings (SSSR count). The molecule has 33 heavy (non-hydrogen) atoms. The maximum Gasteiger partial charge on any atom is 0.175 e. The second-order valence-corrected chi connectivity index (χ2v) is 9.26. The number of nitrogens with one attached hydrogen (secondary N) is 1. The van der Waals surface area contributed by atoms with Gasteiger partial charge in [0, 0.05) is 40.9 Å². The number of hydrogen-bond acceptors (Lipinski definition) is 4. The van der Waals surface area contributed by atoms with Gasteiger partial charge in [0.1, 0.15) is 11.5 Å². The Morgan fingerprint density at radius 2 is 1.52 bits per heavy atom. The Labute approximate surface area is 202 Å². The lowest BCUT2D eigenvalue weighted by Crippen LogP contribution is -1.96. The fraction of sp³-hybridized carbons (Fsp3) is 0.0435. The molecule has 0 bridgehead atoms. The third kappa shape index (κ3) is 4.64. The first kappa shape index (κ1) is 24.4. The van der Waals surface area contributed by atoms with Crippen LogP contribution in [0.3, 0.4) is 0 Å². The maximum absolute atomic E-state index is 13.3. The summed E-state index contributed by atoms with van der Waals surface area (Å²) < 4.78 is 38.7. The zero-order valence-corrected chi connectivity index (χ0v) is 19.7. The number of sulfone groups is 1. The molecule has 6 nitrogen and oxygen atoms in total. The third-order valence-electron chi connectivity index (χ3n) is 5.15. The molecule has 0 aliphatic carbocycles. The molecule has 2 aromatic carbocycles. The first-order valence-corrected chi connectivity index (χ1v) is 11.4. The molecule has 0 aliphatic rings. The van der Waals surface area contributed by atoms with Crippen molar-refractivity contribution in [1.29, 1.82) is 0 Å². The van der Waals surface area contributed by atoms with Crippen LogP contribution in [0.4, 0.5) is 4.39 Å². The fourth-order valence-corrected chi connectivity index (χ4v) is 4.19. The van der Waals surface area contributed by atoms with Crippen molar-refractivity contribution in [3.8, 4) is 33.6 Å². The number of nitrogens with zero attached hydrogens (tertiary/aromatic N) is 3. The van der Waals surface area contributed by atoms with Crippen molar-refractivity contribution in [2.45, 2.75) is 4.90 Å². The molecule has 0 aliphatic heterocycles. The number of imidazole rings is 1. The lowest BCUT2D eigenvalue weighted by molar-refractivity contribution is 0.602. The van der Waals surface area contributed by atoms with E-state index in [9.17, 15) is 12.8 Å². The summed E-state index contributed by atoms with van der Waals surface area (Å²) in [5, 5.41) is 7.27. The van der Waals surface area contributed by atoms with Gasteiger partial charge in [-0.25, -0.2) is 17.8 Å². The molecule has 0 amide bonds. The van der Waals surface area contributed by atoms with Crippen LogP contribution in [-0.4, -0.2) is 34.3 Å². The largest absolute Gasteiger partial charge is 0.299 e. The van der Waals surface area contributed by atoms with E-state index in [-0.39, 0.29) is 35.5 Å². The SMILES string of the molecule is CS(=O)(=O)c1ccc(-c2n[nH]cc2-c2ccc3ncc(-c4ccc(F)cc4)n3c2)cc1.Cl.Cl. The number of halogens is 3. The van der Waals surface area contributed by atoms with Crippen molar-refractivity contribution >= 4 is 40.3 Å². The Morgan fingerprint density at radius 1 is 0.879 bits per heavy atom. The second-order valence-electron chi connectivity index (χ2n) is 7.24. The van der Waals surface area contributed by atoms with E-state index in [1.54, 1.807) is 48.8 Å². The van der Waals surface area contributed by atoms with Crippen LogP contribution in [0, 0.1) is 5.82 Å². The monoisotopic (exact) mass is 504 g/mol. The van der Waals surface area contributed by atoms with E-state index in [2.05, 4.69) is 15.2 Å². The molecule has 5 aromatic rings. The van der Waals surface area contributed by atoms with Gasteiger partial charge in [0.15, 0.2) is 9.84 Å². The van der Waals surface area contributed by atoms with Crippen molar-refractivity contribution in [3.05, 3.63) is 85.1 Å². The molecule has 0 radical (unpaired) electrons. The van der Waals surface area contributed by atoms with E-state index in [1.807, 2.05) is 22.7 Å². The van der Waals surface area contributed by atoms with Crippen LogP contribution in [0.15, 0.2) is 84.1 Å². The molecule has 10 heteroatoms. The van der Waals surface area contributed by atoms with E-state index in [0.29, 0.717) is 5.69 Å². The fourth-order valence-electron chi connectivity index (χ4n) is 3.56. The predicted molar refractivity (Wildman–Crippen MR) is 131 cm³/mol. The maximum atomic E-state index is 13.3. The predicted octanol–water partition coefficient (Wildman–Crippen LogP) is 5.44. The Hall–Kier alpha value is -3.20. The Morgan fingerprint density at radius 3 is 2.18 bits per heavy atom. The molecule has 0 saturated heterocycles. The quantitative estimate of drug-likeness (QED) is 0.353. The van der Waals surface area contributed by atoms with Crippen molar-refractivity contribution in [3.63, 3.8) is 0 Å². The Balaban J connectivity index is 0.00000153. The minimum absolute atomic E-state index is 0. The average Bonchev–Trinajstić information content (AvgIpc) is 3.41. The highest BCUT2D eigenvalue weighted by Crippen LogP contribution is 2.32. The summed E-state index contributed by atoms with van der Waals surface area (Å²) in [6.45, 7) is 0. The van der Waals surface area contributed by atoms with Crippen LogP contribution >= 0.6 is 24.8 Å². The number of hydrogen-bond donors (Lipinski definition) is 1. The van der Waals surface area contributed by atoms with E-state index < -0.39 is 9.84 Å². The van der Waals surface area contributed by atoms with E-state index in [1.165, 1.54) is 18.4 Å². The van der Waals surface area contributed by atoms with Gasteiger partial charge in [-0.3, -0.25) is 9.50 Å². The first-order chi connectivity index (χ1) is 14.9. The highest BCUT2D eigenvalue weighted by atomic mass is 35.5. The number of rotatable bonds is 4. The standard InChI is InChI=1S/C23H17FN4O2S.2ClH/c1-31(29,30)19-9-4-16(5-10-19)23-20(12-26-27-23)17-6-11-22-25-13-21(28(22)14-17)15-2-7-18(24)8-3-15;;/h2-14H,1H3,(H,26,27);2*1H. The van der Waals surface area contributed by atoms with E-state index in [4.69, 9.17) is 0 Å². The summed E-state index contributed by atoms with van der Waals surface area (Å²) in [5.74, 6) is -0.289. The summed E-state index contributed by atoms with van der Waals surface area (Å²) >= 11 is 0. The smallest absolute Gasteiger partial charge is 0.175 e. The molecule has 0 spiro atoms. The second kappa shape index (κ2) is 9.35. The molecule has 3 aromatic heterocycles. The van der Waals surface area contributed by atoms with Crippen molar-refractivity contribution in [2.75, 3.05) is 6.26 Å². The molecule has 0 fully saturated rings. The van der Waals surface area contributed by atoms with E-state index >= 15 is 0 Å². The van der Waals surface area contributed by atoms with Crippen molar-refractivity contribution in [1.82, 2.24) is 19.6 Å². The van der Waals surface area contributed by atoms with Crippen LogP contribution < -0.4 is 0 Å². The van der Waals surface area contributed by atoms with Crippen LogP contribution in [0.25, 0.3) is 39.3 Å². The molecule has 170 valence electrons. The number of pyridine rings is 1. The molecular weight excluding hydrogens is 486 g/mol. The molecular formula is C23H19Cl2FN4O2S. The molecule has 0 atom stereocenters. The average molecular weight is 505 g/mol. The highest BCUT2D eigenvalue weighted by Gasteiger charge is 2.14. The van der Waals surface area contributed by atoms with Crippen molar-refractivity contribution < 1.29 is 12.8 Å². The number of H-pyrrole nitrogens is 1. The van der Waals surface area contributed by atoms with Crippen molar-refractivity contribution in [2.24, 2.45) is 0 Å². The Bertz CT molecular complexity index is 1510. The lowest BCUT2D eigenvalue weighted by atomic mass is 10.0. The molecule has 0 saturated carbocycles. The lowest BCUT2D eigenvalue weighted by Gasteiger charge is -2.07. The summed E-state index contributed by atoms with van der Waals surface area (Å²) in [6, 6.07) is 16.8. The minimum Gasteiger partial charge on any atom is -0.299 e. The highest BCUT2D eigenvalue weighted by molar-refractivity contribution is 7.90. The van der Waals surface area contributed by atoms with Gasteiger partial charge in [0.2, 0.25) is 0 Å². The van der Waals surface area contributed by atoms with Gasteiger partial charge < -0.3 is 0 Å². The van der Waals surface area contributed by atoms with Crippen LogP contribution in [0.2, 0.25) is 0 Å². The van der Waals surface area contributed by atoms with E-state index in [0.717, 1.165) is 33.6 Å². The number of fused-ring (bicyclic) bond motifs is 1. The van der Waals surface area contributed by atoms with Gasteiger partial charge >= 0.3 is 0 Å². The normalized spacial score (nSPS) is 11.1. The summed E-state index contributed by atoms with van der Waals surface area (Å²) in [5.41, 5.74) is 5.76. The zero-order valence-electron chi connectivity index (χ0n) is 17.3. The minimum atomic E-state index is -3.26. The topological polar surface area (TPSA) is 80.1 Å². The Kier molecular flexibility index (Phi) is 6.92. The van der Waals surface area contributed by atoms with Gasteiger partial charge in [-0.2, -0.15) is 5.10 Å². The van der Waals surface area contributed by atoms with Crippen LogP contribution in [-0.2, 0) is 9.84 Å². The zero-order chi connectivity index (χ0) is 21.6. The number of benzene rings is 2. The first-order valence-electron chi connectivity index (χ1n) is 9.48. The van der Waals surface area contributed by atoms with Crippen LogP contribution in [0.1, 0.15) is 0 Å². The van der Waals surface area contributed by atoms with Gasteiger partial charge in [0.05, 0.1) is 22.5 Å². The molecule has 3 heterocycles. The van der Waals surface area contributed by atoms with Gasteiger partial charge in [-0.1, -0.05) is 12.1 Å². The summed E-state index contributed by atoms with van der Waals surface area (Å²) in [6.07, 6.45) is 6.70. The van der Waals surface area contributed by atoms with Gasteiger partial charge in [-0.15, -0.1) is 24.8 Å². The van der Waals surface area contributed by atoms with Crippen LogP contribution in [0.5, 0.6) is 0 Å². The van der Waals surface area contributed by atoms with Gasteiger partial charge in [-0.05, 0) is 48.5 Å². The molecule has 1 N–H and O–H groups in total. The number of aromatic amines is 1. The van der Waals surface area contributed by atoms with Gasteiger partial charge in [0.25, 0.3) is 0 Å².